The minimum Gasteiger partial charge on any atom is -0.396 e. The van der Waals surface area contributed by atoms with E-state index in [2.05, 4.69) is 0 Å². The van der Waals surface area contributed by atoms with Crippen molar-refractivity contribution in [3.63, 3.8) is 0 Å². The molecule has 0 saturated heterocycles. The second kappa shape index (κ2) is 6.47. The van der Waals surface area contributed by atoms with Gasteiger partial charge in [0.1, 0.15) is 0 Å². The Bertz CT molecular complexity index is 605. The number of unbranched alkanes of at least 4 members (excludes halogenated alkanes) is 2. The van der Waals surface area contributed by atoms with Gasteiger partial charge in [-0.05, 0) is 37.1 Å². The highest BCUT2D eigenvalue weighted by Crippen LogP contribution is 2.16. The van der Waals surface area contributed by atoms with Gasteiger partial charge in [0, 0.05) is 6.61 Å². The van der Waals surface area contributed by atoms with E-state index in [4.69, 9.17) is 10.2 Å². The zero-order valence-electron chi connectivity index (χ0n) is 10.3. The summed E-state index contributed by atoms with van der Waals surface area (Å²) in [5, 5.41) is 13.5. The van der Waals surface area contributed by atoms with E-state index in [0.29, 0.717) is 19.3 Å². The van der Waals surface area contributed by atoms with Gasteiger partial charge in [-0.1, -0.05) is 6.42 Å². The first kappa shape index (κ1) is 16.1. The number of nitrogens with two attached hydrogens (primary N) is 1. The SMILES string of the molecule is NS(=O)(=O)c1ccc(S(=O)(=O)CCCCCO)cc1. The summed E-state index contributed by atoms with van der Waals surface area (Å²) >= 11 is 0. The van der Waals surface area contributed by atoms with E-state index in [1.54, 1.807) is 0 Å². The molecule has 0 unspecified atom stereocenters. The van der Waals surface area contributed by atoms with Crippen LogP contribution in [0.3, 0.4) is 0 Å². The molecule has 0 radical (unpaired) electrons. The zero-order chi connectivity index (χ0) is 14.5. The first-order valence-electron chi connectivity index (χ1n) is 5.74. The molecule has 0 spiro atoms. The predicted molar refractivity (Wildman–Crippen MR) is 70.8 cm³/mol. The average Bonchev–Trinajstić information content (AvgIpc) is 2.34. The molecule has 3 N–H and O–H groups in total. The highest BCUT2D eigenvalue weighted by atomic mass is 32.2. The highest BCUT2D eigenvalue weighted by Gasteiger charge is 2.15. The Morgan fingerprint density at radius 3 is 1.89 bits per heavy atom. The Hall–Kier alpha value is -0.960. The van der Waals surface area contributed by atoms with Crippen molar-refractivity contribution >= 4 is 19.9 Å². The molecule has 1 rings (SSSR count). The van der Waals surface area contributed by atoms with Crippen LogP contribution in [-0.4, -0.2) is 34.3 Å². The lowest BCUT2D eigenvalue weighted by Gasteiger charge is -2.05. The topological polar surface area (TPSA) is 115 Å². The van der Waals surface area contributed by atoms with Gasteiger partial charge in [0.2, 0.25) is 10.0 Å². The van der Waals surface area contributed by atoms with E-state index < -0.39 is 19.9 Å². The summed E-state index contributed by atoms with van der Waals surface area (Å²) in [5.41, 5.74) is 0. The van der Waals surface area contributed by atoms with Gasteiger partial charge in [-0.15, -0.1) is 0 Å². The van der Waals surface area contributed by atoms with Crippen LogP contribution in [-0.2, 0) is 19.9 Å². The lowest BCUT2D eigenvalue weighted by molar-refractivity contribution is 0.284. The van der Waals surface area contributed by atoms with Crippen molar-refractivity contribution in [3.05, 3.63) is 24.3 Å². The van der Waals surface area contributed by atoms with Crippen LogP contribution in [0.1, 0.15) is 19.3 Å². The Morgan fingerprint density at radius 2 is 1.42 bits per heavy atom. The smallest absolute Gasteiger partial charge is 0.238 e. The minimum atomic E-state index is -3.81. The highest BCUT2D eigenvalue weighted by molar-refractivity contribution is 7.91. The summed E-state index contributed by atoms with van der Waals surface area (Å²) in [6.45, 7) is 0.0447. The van der Waals surface area contributed by atoms with E-state index in [1.165, 1.54) is 24.3 Å². The van der Waals surface area contributed by atoms with Crippen LogP contribution in [0.5, 0.6) is 0 Å². The fourth-order valence-corrected chi connectivity index (χ4v) is 3.42. The molecule has 0 aliphatic heterocycles. The van der Waals surface area contributed by atoms with Crippen molar-refractivity contribution in [2.24, 2.45) is 5.14 Å². The zero-order valence-corrected chi connectivity index (χ0v) is 12.0. The largest absolute Gasteiger partial charge is 0.396 e. The Labute approximate surface area is 113 Å². The maximum Gasteiger partial charge on any atom is 0.238 e. The number of aliphatic hydroxyl groups is 1. The van der Waals surface area contributed by atoms with E-state index in [-0.39, 0.29) is 22.2 Å². The van der Waals surface area contributed by atoms with E-state index in [0.717, 1.165) is 0 Å². The van der Waals surface area contributed by atoms with Crippen molar-refractivity contribution in [1.29, 1.82) is 0 Å². The number of sulfone groups is 1. The number of aliphatic hydroxyl groups excluding tert-OH is 1. The molecule has 0 amide bonds. The van der Waals surface area contributed by atoms with Crippen LogP contribution in [0.15, 0.2) is 34.1 Å². The predicted octanol–water partition coefficient (Wildman–Crippen LogP) is 0.270. The van der Waals surface area contributed by atoms with Crippen LogP contribution < -0.4 is 5.14 Å². The fraction of sp³-hybridized carbons (Fsp3) is 0.455. The first-order chi connectivity index (χ1) is 8.77. The Kier molecular flexibility index (Phi) is 5.48. The lowest BCUT2D eigenvalue weighted by Crippen LogP contribution is -2.13. The lowest BCUT2D eigenvalue weighted by atomic mass is 10.3. The number of hydrogen-bond acceptors (Lipinski definition) is 5. The van der Waals surface area contributed by atoms with Crippen LogP contribution in [0.2, 0.25) is 0 Å². The molecule has 19 heavy (non-hydrogen) atoms. The molecule has 108 valence electrons. The van der Waals surface area contributed by atoms with E-state index >= 15 is 0 Å². The molecule has 0 saturated carbocycles. The molecule has 0 fully saturated rings. The van der Waals surface area contributed by atoms with Gasteiger partial charge in [0.25, 0.3) is 0 Å². The van der Waals surface area contributed by atoms with Crippen molar-refractivity contribution in [2.75, 3.05) is 12.4 Å². The monoisotopic (exact) mass is 307 g/mol. The summed E-state index contributed by atoms with van der Waals surface area (Å²) in [7, 11) is -7.23. The summed E-state index contributed by atoms with van der Waals surface area (Å²) < 4.78 is 45.9. The molecule has 8 heteroatoms. The quantitative estimate of drug-likeness (QED) is 0.702. The molecule has 1 aromatic rings. The van der Waals surface area contributed by atoms with Gasteiger partial charge in [-0.2, -0.15) is 0 Å². The third kappa shape index (κ3) is 4.90. The van der Waals surface area contributed by atoms with Crippen molar-refractivity contribution in [1.82, 2.24) is 0 Å². The number of rotatable bonds is 7. The number of sulfonamides is 1. The Balaban J connectivity index is 2.80. The van der Waals surface area contributed by atoms with E-state index in [1.807, 2.05) is 0 Å². The van der Waals surface area contributed by atoms with Crippen LogP contribution in [0.4, 0.5) is 0 Å². The number of primary sulfonamides is 1. The third-order valence-electron chi connectivity index (χ3n) is 2.58. The summed E-state index contributed by atoms with van der Waals surface area (Å²) in [5.74, 6) is -0.0261. The molecule has 0 aliphatic rings. The maximum atomic E-state index is 11.9. The van der Waals surface area contributed by atoms with Crippen LogP contribution in [0, 0.1) is 0 Å². The molecular weight excluding hydrogens is 290 g/mol. The molecule has 1 aromatic carbocycles. The van der Waals surface area contributed by atoms with Crippen molar-refractivity contribution < 1.29 is 21.9 Å². The van der Waals surface area contributed by atoms with Gasteiger partial charge in [-0.25, -0.2) is 22.0 Å². The number of benzene rings is 1. The summed E-state index contributed by atoms with van der Waals surface area (Å²) in [6, 6.07) is 4.83. The fourth-order valence-electron chi connectivity index (χ4n) is 1.54. The molecular formula is C11H17NO5S2. The maximum absolute atomic E-state index is 11.9. The van der Waals surface area contributed by atoms with Gasteiger partial charge in [-0.3, -0.25) is 0 Å². The van der Waals surface area contributed by atoms with Gasteiger partial charge >= 0.3 is 0 Å². The Morgan fingerprint density at radius 1 is 0.895 bits per heavy atom. The average molecular weight is 307 g/mol. The molecule has 0 aliphatic carbocycles. The summed E-state index contributed by atoms with van der Waals surface area (Å²) in [4.78, 5) is -0.0457. The van der Waals surface area contributed by atoms with Gasteiger partial charge in [0.05, 0.1) is 15.5 Å². The summed E-state index contributed by atoms with van der Waals surface area (Å²) in [6.07, 6.45) is 1.66. The normalized spacial score (nSPS) is 12.5. The molecule has 0 bridgehead atoms. The second-order valence-corrected chi connectivity index (χ2v) is 7.79. The molecule has 0 aromatic heterocycles. The third-order valence-corrected chi connectivity index (χ3v) is 5.33. The van der Waals surface area contributed by atoms with Crippen molar-refractivity contribution in [3.8, 4) is 0 Å². The van der Waals surface area contributed by atoms with Crippen LogP contribution >= 0.6 is 0 Å². The van der Waals surface area contributed by atoms with Gasteiger partial charge < -0.3 is 5.11 Å². The first-order valence-corrected chi connectivity index (χ1v) is 8.94. The van der Waals surface area contributed by atoms with Crippen molar-refractivity contribution in [2.45, 2.75) is 29.1 Å². The van der Waals surface area contributed by atoms with E-state index in [9.17, 15) is 16.8 Å². The van der Waals surface area contributed by atoms with Gasteiger partial charge in [0.15, 0.2) is 9.84 Å². The second-order valence-electron chi connectivity index (χ2n) is 4.12. The number of hydrogen-bond donors (Lipinski definition) is 2. The molecule has 6 nitrogen and oxygen atoms in total. The molecule has 0 atom stereocenters. The standard InChI is InChI=1S/C11H17NO5S2/c12-19(16,17)11-6-4-10(5-7-11)18(14,15)9-3-1-2-8-13/h4-7,13H,1-3,8-9H2,(H2,12,16,17). The minimum absolute atomic E-state index is 0.0261. The molecule has 0 heterocycles. The van der Waals surface area contributed by atoms with Crippen LogP contribution in [0.25, 0.3) is 0 Å².